The molecule has 0 heterocycles. The first kappa shape index (κ1) is 14.2. The van der Waals surface area contributed by atoms with E-state index in [9.17, 15) is 0 Å². The van der Waals surface area contributed by atoms with Crippen LogP contribution >= 0.6 is 0 Å². The maximum atomic E-state index is 4.58. The van der Waals surface area contributed by atoms with Gasteiger partial charge < -0.3 is 0 Å². The Morgan fingerprint density at radius 1 is 1.20 bits per heavy atom. The van der Waals surface area contributed by atoms with Crippen LogP contribution in [0.5, 0.6) is 0 Å². The first-order valence-corrected chi connectivity index (χ1v) is 8.33. The molecule has 1 aromatic carbocycles. The molecule has 3 unspecified atom stereocenters. The Morgan fingerprint density at radius 3 is 2.65 bits per heavy atom. The van der Waals surface area contributed by atoms with E-state index < -0.39 is 0 Å². The van der Waals surface area contributed by atoms with Crippen molar-refractivity contribution in [2.24, 2.45) is 11.3 Å². The summed E-state index contributed by atoms with van der Waals surface area (Å²) in [5, 5.41) is 0. The van der Waals surface area contributed by atoms with Crippen LogP contribution in [0.2, 0.25) is 0 Å². The zero-order valence-electron chi connectivity index (χ0n) is 13.6. The molecule has 0 N–H and O–H groups in total. The van der Waals surface area contributed by atoms with Gasteiger partial charge in [-0.05, 0) is 72.0 Å². The molecule has 0 amide bonds. The highest BCUT2D eigenvalue weighted by Crippen LogP contribution is 2.56. The average molecular weight is 269 g/mol. The first-order valence-electron chi connectivity index (χ1n) is 8.33. The number of hydrogen-bond donors (Lipinski definition) is 0. The van der Waals surface area contributed by atoms with Gasteiger partial charge in [-0.3, -0.25) is 0 Å². The molecule has 0 saturated heterocycles. The summed E-state index contributed by atoms with van der Waals surface area (Å²) in [6.07, 6.45) is 6.55. The van der Waals surface area contributed by atoms with E-state index in [0.29, 0.717) is 11.3 Å². The molecule has 3 rings (SSSR count). The van der Waals surface area contributed by atoms with Gasteiger partial charge in [0.2, 0.25) is 0 Å². The third-order valence-corrected chi connectivity index (χ3v) is 6.17. The van der Waals surface area contributed by atoms with Crippen molar-refractivity contribution < 1.29 is 0 Å². The van der Waals surface area contributed by atoms with E-state index in [2.05, 4.69) is 52.8 Å². The van der Waals surface area contributed by atoms with Crippen LogP contribution in [0.3, 0.4) is 0 Å². The van der Waals surface area contributed by atoms with Crippen LogP contribution in [0.15, 0.2) is 18.2 Å². The summed E-state index contributed by atoms with van der Waals surface area (Å²) in [5.41, 5.74) is 5.37. The maximum absolute atomic E-state index is 4.58. The number of hydrogen-bond acceptors (Lipinski definition) is 0. The highest BCUT2D eigenvalue weighted by molar-refractivity contribution is 5.42. The minimum Gasteiger partial charge on any atom is -0.0593 e. The quantitative estimate of drug-likeness (QED) is 0.617. The molecule has 1 aromatic rings. The minimum absolute atomic E-state index is 0.265. The van der Waals surface area contributed by atoms with Crippen LogP contribution in [0.25, 0.3) is 0 Å². The van der Waals surface area contributed by atoms with Gasteiger partial charge in [0.15, 0.2) is 0 Å². The van der Waals surface area contributed by atoms with Gasteiger partial charge in [0, 0.05) is 0 Å². The predicted molar refractivity (Wildman–Crippen MR) is 87.0 cm³/mol. The number of fused-ring (bicyclic) bond motifs is 3. The molecule has 20 heavy (non-hydrogen) atoms. The SMILES string of the molecule is [CH2]C1(C)CCCC2(C)c3ccc(C(C)C)cc3CCC12. The lowest BCUT2D eigenvalue weighted by molar-refractivity contribution is 0.0610. The van der Waals surface area contributed by atoms with Crippen LogP contribution < -0.4 is 0 Å². The highest BCUT2D eigenvalue weighted by Gasteiger charge is 2.49. The summed E-state index contributed by atoms with van der Waals surface area (Å²) >= 11 is 0. The lowest BCUT2D eigenvalue weighted by atomic mass is 9.50. The molecule has 0 aliphatic heterocycles. The summed E-state index contributed by atoms with van der Waals surface area (Å²) in [7, 11) is 0. The van der Waals surface area contributed by atoms with Crippen molar-refractivity contribution in [1.82, 2.24) is 0 Å². The average Bonchev–Trinajstić information content (AvgIpc) is 2.37. The molecular formula is C20H29. The summed E-state index contributed by atoms with van der Waals surface area (Å²) in [6.45, 7) is 14.1. The highest BCUT2D eigenvalue weighted by atomic mass is 14.5. The van der Waals surface area contributed by atoms with Crippen LogP contribution in [0.4, 0.5) is 0 Å². The van der Waals surface area contributed by atoms with Gasteiger partial charge in [-0.2, -0.15) is 0 Å². The molecule has 1 radical (unpaired) electrons. The van der Waals surface area contributed by atoms with Gasteiger partial charge in [0.25, 0.3) is 0 Å². The Morgan fingerprint density at radius 2 is 1.95 bits per heavy atom. The van der Waals surface area contributed by atoms with Crippen LogP contribution in [-0.4, -0.2) is 0 Å². The van der Waals surface area contributed by atoms with Crippen molar-refractivity contribution in [3.8, 4) is 0 Å². The fraction of sp³-hybridized carbons (Fsp3) is 0.650. The molecule has 2 aliphatic carbocycles. The van der Waals surface area contributed by atoms with Crippen molar-refractivity contribution >= 4 is 0 Å². The van der Waals surface area contributed by atoms with Crippen LogP contribution in [0.1, 0.15) is 76.0 Å². The van der Waals surface area contributed by atoms with E-state index in [4.69, 9.17) is 0 Å². The molecule has 0 nitrogen and oxygen atoms in total. The monoisotopic (exact) mass is 269 g/mol. The third kappa shape index (κ3) is 2.03. The van der Waals surface area contributed by atoms with Gasteiger partial charge in [-0.25, -0.2) is 0 Å². The largest absolute Gasteiger partial charge is 0.0593 e. The molecule has 109 valence electrons. The smallest absolute Gasteiger partial charge is 0.00390 e. The number of aryl methyl sites for hydroxylation is 1. The second-order valence-electron chi connectivity index (χ2n) is 8.09. The molecule has 0 heteroatoms. The fourth-order valence-electron chi connectivity index (χ4n) is 5.00. The molecule has 0 bridgehead atoms. The van der Waals surface area contributed by atoms with Gasteiger partial charge >= 0.3 is 0 Å². The first-order chi connectivity index (χ1) is 9.34. The number of rotatable bonds is 1. The van der Waals surface area contributed by atoms with Gasteiger partial charge in [0.1, 0.15) is 0 Å². The molecule has 0 spiro atoms. The van der Waals surface area contributed by atoms with E-state index >= 15 is 0 Å². The number of benzene rings is 1. The Kier molecular flexibility index (Phi) is 3.27. The lowest BCUT2D eigenvalue weighted by Gasteiger charge is -2.54. The topological polar surface area (TPSA) is 0 Å². The minimum atomic E-state index is 0.265. The van der Waals surface area contributed by atoms with Gasteiger partial charge in [-0.1, -0.05) is 52.3 Å². The van der Waals surface area contributed by atoms with Gasteiger partial charge in [-0.15, -0.1) is 0 Å². The van der Waals surface area contributed by atoms with Crippen molar-refractivity contribution in [3.63, 3.8) is 0 Å². The molecule has 2 aliphatic rings. The lowest BCUT2D eigenvalue weighted by Crippen LogP contribution is -2.48. The van der Waals surface area contributed by atoms with Crippen molar-refractivity contribution in [3.05, 3.63) is 41.8 Å². The van der Waals surface area contributed by atoms with Crippen LogP contribution in [0, 0.1) is 18.3 Å². The third-order valence-electron chi connectivity index (χ3n) is 6.17. The summed E-state index contributed by atoms with van der Waals surface area (Å²) in [5.74, 6) is 1.39. The molecule has 1 saturated carbocycles. The molecule has 1 fully saturated rings. The standard InChI is InChI=1S/C20H29/c1-14(2)15-7-9-17-16(13-15)8-10-18-19(3,4)11-6-12-20(17,18)5/h7,9,13-14,18H,3,6,8,10-12H2,1-2,4-5H3. The Balaban J connectivity index is 2.06. The zero-order chi connectivity index (χ0) is 14.5. The van der Waals surface area contributed by atoms with Crippen molar-refractivity contribution in [2.45, 2.75) is 71.1 Å². The Labute approximate surface area is 125 Å². The van der Waals surface area contributed by atoms with E-state index in [0.717, 1.165) is 5.92 Å². The van der Waals surface area contributed by atoms with E-state index in [1.807, 2.05) is 0 Å². The van der Waals surface area contributed by atoms with Crippen molar-refractivity contribution in [1.29, 1.82) is 0 Å². The Hall–Kier alpha value is -0.780. The molecule has 3 atom stereocenters. The van der Waals surface area contributed by atoms with Crippen LogP contribution in [-0.2, 0) is 11.8 Å². The normalized spacial score (nSPS) is 31.8. The summed E-state index contributed by atoms with van der Waals surface area (Å²) in [6, 6.07) is 7.29. The van der Waals surface area contributed by atoms with E-state index in [-0.39, 0.29) is 5.41 Å². The maximum Gasteiger partial charge on any atom is -0.00390 e. The summed E-state index contributed by atoms with van der Waals surface area (Å²) in [4.78, 5) is 0. The summed E-state index contributed by atoms with van der Waals surface area (Å²) < 4.78 is 0. The fourth-order valence-corrected chi connectivity index (χ4v) is 5.00. The van der Waals surface area contributed by atoms with E-state index in [1.165, 1.54) is 37.7 Å². The Bertz CT molecular complexity index is 509. The van der Waals surface area contributed by atoms with Crippen molar-refractivity contribution in [2.75, 3.05) is 0 Å². The zero-order valence-corrected chi connectivity index (χ0v) is 13.6. The second kappa shape index (κ2) is 4.61. The van der Waals surface area contributed by atoms with Gasteiger partial charge in [0.05, 0.1) is 0 Å². The molecule has 0 aromatic heterocycles. The van der Waals surface area contributed by atoms with E-state index in [1.54, 1.807) is 11.1 Å². The second-order valence-corrected chi connectivity index (χ2v) is 8.09. The predicted octanol–water partition coefficient (Wildman–Crippen LogP) is 5.65. The molecular weight excluding hydrogens is 240 g/mol.